The van der Waals surface area contributed by atoms with Crippen LogP contribution in [0.15, 0.2) is 34.6 Å². The van der Waals surface area contributed by atoms with E-state index >= 15 is 0 Å². The summed E-state index contributed by atoms with van der Waals surface area (Å²) >= 11 is 0. The minimum absolute atomic E-state index is 0.0384. The summed E-state index contributed by atoms with van der Waals surface area (Å²) in [5, 5.41) is 11.4. The number of hydrogen-bond acceptors (Lipinski definition) is 10. The third-order valence-electron chi connectivity index (χ3n) is 14.5. The molecule has 1 N–H and O–H groups in total. The van der Waals surface area contributed by atoms with Gasteiger partial charge in [-0.1, -0.05) is 6.92 Å². The summed E-state index contributed by atoms with van der Waals surface area (Å²) in [5.74, 6) is 4.42. The molecule has 6 bridgehead atoms. The average Bonchev–Trinajstić information content (AvgIpc) is 4.00. The molecular formula is C40H56O11. The number of carboxylic acids is 1. The Morgan fingerprint density at radius 1 is 0.608 bits per heavy atom. The Bertz CT molecular complexity index is 1400. The van der Waals surface area contributed by atoms with Crippen LogP contribution in [0, 0.1) is 45.3 Å². The lowest BCUT2D eigenvalue weighted by molar-refractivity contribution is -0.203. The molecular weight excluding hydrogens is 656 g/mol. The summed E-state index contributed by atoms with van der Waals surface area (Å²) in [6, 6.07) is 0. The van der Waals surface area contributed by atoms with Crippen LogP contribution in [0.3, 0.4) is 0 Å². The van der Waals surface area contributed by atoms with Crippen LogP contribution in [-0.2, 0) is 47.4 Å². The van der Waals surface area contributed by atoms with E-state index in [0.717, 1.165) is 92.3 Å². The fourth-order valence-corrected chi connectivity index (χ4v) is 13.3. The van der Waals surface area contributed by atoms with Gasteiger partial charge in [-0.05, 0) is 57.8 Å². The summed E-state index contributed by atoms with van der Waals surface area (Å²) in [7, 11) is 0. The van der Waals surface area contributed by atoms with Crippen LogP contribution in [0.4, 0.5) is 0 Å². The summed E-state index contributed by atoms with van der Waals surface area (Å²) in [5.41, 5.74) is -2.66. The second kappa shape index (κ2) is 13.3. The van der Waals surface area contributed by atoms with E-state index in [1.54, 1.807) is 0 Å². The molecule has 3 fully saturated rings. The first kappa shape index (κ1) is 34.2. The van der Waals surface area contributed by atoms with Crippen molar-refractivity contribution in [2.45, 2.75) is 84.0 Å². The standard InChI is InChI=1S/C40H56O11/c1-2-40(37-8-6-26(23-37)30-33(37)49-19-16-43-10-3-13-46-30,38-9-7-27(24-38)31-34(38)50-20-17-44-11-4-14-47-31)39-25-28(22-29(39)36(41)42)32-35(39)51-21-18-45-12-5-15-48-32/h26-29H,2-25H2,1H3,(H,41,42). The predicted molar refractivity (Wildman–Crippen MR) is 182 cm³/mol. The maximum Gasteiger partial charge on any atom is 0.307 e. The van der Waals surface area contributed by atoms with E-state index in [1.165, 1.54) is 0 Å². The van der Waals surface area contributed by atoms with Crippen molar-refractivity contribution < 1.29 is 52.5 Å². The summed E-state index contributed by atoms with van der Waals surface area (Å²) < 4.78 is 59.0. The molecule has 0 amide bonds. The molecule has 0 aromatic carbocycles. The second-order valence-corrected chi connectivity index (χ2v) is 16.4. The Hall–Kier alpha value is -2.63. The lowest BCUT2D eigenvalue weighted by atomic mass is 9.36. The van der Waals surface area contributed by atoms with Crippen LogP contribution in [0.25, 0.3) is 0 Å². The molecule has 0 radical (unpaired) electrons. The lowest BCUT2D eigenvalue weighted by Gasteiger charge is -2.66. The topological polar surface area (TPSA) is 120 Å². The molecule has 3 aliphatic heterocycles. The lowest BCUT2D eigenvalue weighted by Crippen LogP contribution is -2.65. The van der Waals surface area contributed by atoms with E-state index in [9.17, 15) is 9.90 Å². The Kier molecular flexibility index (Phi) is 8.94. The monoisotopic (exact) mass is 712 g/mol. The van der Waals surface area contributed by atoms with Crippen molar-refractivity contribution in [1.29, 1.82) is 0 Å². The molecule has 3 heterocycles. The number of rotatable bonds is 5. The summed E-state index contributed by atoms with van der Waals surface area (Å²) in [6.07, 6.45) is 9.78. The fourth-order valence-electron chi connectivity index (χ4n) is 13.3. The highest BCUT2D eigenvalue weighted by atomic mass is 16.6. The molecule has 0 saturated heterocycles. The van der Waals surface area contributed by atoms with Gasteiger partial charge in [-0.2, -0.15) is 0 Å². The van der Waals surface area contributed by atoms with Crippen molar-refractivity contribution in [3.05, 3.63) is 34.6 Å². The molecule has 9 aliphatic rings. The Morgan fingerprint density at radius 2 is 1.08 bits per heavy atom. The van der Waals surface area contributed by atoms with Gasteiger partial charge in [0.1, 0.15) is 54.4 Å². The molecule has 0 spiro atoms. The van der Waals surface area contributed by atoms with Crippen molar-refractivity contribution in [3.63, 3.8) is 0 Å². The van der Waals surface area contributed by atoms with Gasteiger partial charge in [0.25, 0.3) is 0 Å². The third-order valence-corrected chi connectivity index (χ3v) is 14.5. The Labute approximate surface area is 301 Å². The van der Waals surface area contributed by atoms with E-state index in [1.807, 2.05) is 0 Å². The average molecular weight is 713 g/mol. The molecule has 7 unspecified atom stereocenters. The number of ether oxygens (including phenoxy) is 9. The van der Waals surface area contributed by atoms with E-state index in [2.05, 4.69) is 6.92 Å². The molecule has 9 rings (SSSR count). The number of allylic oxidation sites excluding steroid dienone is 6. The van der Waals surface area contributed by atoms with Crippen LogP contribution < -0.4 is 0 Å². The molecule has 6 aliphatic carbocycles. The van der Waals surface area contributed by atoms with Crippen LogP contribution in [0.2, 0.25) is 0 Å². The van der Waals surface area contributed by atoms with Crippen molar-refractivity contribution in [2.24, 2.45) is 45.3 Å². The SMILES string of the molecule is CCC(C12CCC(C1)C1=C2OCCOCCCO1)(C12CCC(C1)C1=C2OCCOCCCO1)C12CC(CC1C(=O)O)C1=C2OCCOCCCO1. The van der Waals surface area contributed by atoms with Crippen LogP contribution >= 0.6 is 0 Å². The predicted octanol–water partition coefficient (Wildman–Crippen LogP) is 6.09. The number of fused-ring (bicyclic) bond motifs is 12. The van der Waals surface area contributed by atoms with Crippen LogP contribution in [0.5, 0.6) is 0 Å². The van der Waals surface area contributed by atoms with Crippen molar-refractivity contribution in [1.82, 2.24) is 0 Å². The zero-order valence-electron chi connectivity index (χ0n) is 30.3. The molecule has 0 aromatic rings. The first-order valence-corrected chi connectivity index (χ1v) is 20.0. The Morgan fingerprint density at radius 3 is 1.55 bits per heavy atom. The van der Waals surface area contributed by atoms with E-state index in [-0.39, 0.29) is 17.8 Å². The highest BCUT2D eigenvalue weighted by molar-refractivity contribution is 5.74. The molecule has 3 saturated carbocycles. The quantitative estimate of drug-likeness (QED) is 0.357. The van der Waals surface area contributed by atoms with Gasteiger partial charge in [-0.25, -0.2) is 0 Å². The minimum Gasteiger partial charge on any atom is -0.494 e. The first-order valence-electron chi connectivity index (χ1n) is 20.0. The maximum absolute atomic E-state index is 14.0. The van der Waals surface area contributed by atoms with E-state index < -0.39 is 33.5 Å². The molecule has 282 valence electrons. The van der Waals surface area contributed by atoms with Gasteiger partial charge in [0.05, 0.1) is 51.0 Å². The minimum atomic E-state index is -0.897. The zero-order valence-corrected chi connectivity index (χ0v) is 30.3. The normalized spacial score (nSPS) is 40.7. The molecule has 11 nitrogen and oxygen atoms in total. The van der Waals surface area contributed by atoms with Crippen molar-refractivity contribution in [2.75, 3.05) is 79.3 Å². The maximum atomic E-state index is 14.0. The largest absolute Gasteiger partial charge is 0.494 e. The number of carbonyl (C=O) groups is 1. The van der Waals surface area contributed by atoms with E-state index in [4.69, 9.17) is 42.6 Å². The molecule has 11 heteroatoms. The van der Waals surface area contributed by atoms with Crippen LogP contribution in [0.1, 0.15) is 84.0 Å². The number of carboxylic acid groups (broad SMARTS) is 1. The van der Waals surface area contributed by atoms with Gasteiger partial charge in [-0.3, -0.25) is 4.79 Å². The zero-order chi connectivity index (χ0) is 34.7. The number of aliphatic carboxylic acids is 1. The first-order chi connectivity index (χ1) is 25.0. The van der Waals surface area contributed by atoms with Gasteiger partial charge in [0.2, 0.25) is 0 Å². The van der Waals surface area contributed by atoms with Crippen LogP contribution in [-0.4, -0.2) is 90.4 Å². The second-order valence-electron chi connectivity index (χ2n) is 16.4. The third kappa shape index (κ3) is 4.74. The van der Waals surface area contributed by atoms with Crippen molar-refractivity contribution in [3.8, 4) is 0 Å². The molecule has 0 aromatic heterocycles. The van der Waals surface area contributed by atoms with Gasteiger partial charge in [-0.15, -0.1) is 0 Å². The Balaban J connectivity index is 1.33. The van der Waals surface area contributed by atoms with E-state index in [0.29, 0.717) is 98.5 Å². The summed E-state index contributed by atoms with van der Waals surface area (Å²) in [6.45, 7) is 8.55. The highest BCUT2D eigenvalue weighted by Gasteiger charge is 2.84. The van der Waals surface area contributed by atoms with Gasteiger partial charge in [0, 0.05) is 73.1 Å². The molecule has 51 heavy (non-hydrogen) atoms. The van der Waals surface area contributed by atoms with Gasteiger partial charge in [0.15, 0.2) is 0 Å². The molecule has 7 atom stereocenters. The summed E-state index contributed by atoms with van der Waals surface area (Å²) in [4.78, 5) is 14.0. The highest BCUT2D eigenvalue weighted by Crippen LogP contribution is 2.87. The smallest absolute Gasteiger partial charge is 0.307 e. The van der Waals surface area contributed by atoms with Crippen molar-refractivity contribution >= 4 is 5.97 Å². The van der Waals surface area contributed by atoms with Gasteiger partial charge < -0.3 is 47.7 Å². The fraction of sp³-hybridized carbons (Fsp3) is 0.825. The van der Waals surface area contributed by atoms with Gasteiger partial charge >= 0.3 is 5.97 Å². The number of hydrogen-bond donors (Lipinski definition) is 1.